The Morgan fingerprint density at radius 1 is 1.09 bits per heavy atom. The van der Waals surface area contributed by atoms with E-state index in [9.17, 15) is 19.5 Å². The van der Waals surface area contributed by atoms with Gasteiger partial charge in [0.05, 0.1) is 10.9 Å². The number of hydrogen-bond donors (Lipinski definition) is 2. The lowest BCUT2D eigenvalue weighted by molar-refractivity contribution is -0.116. The summed E-state index contributed by atoms with van der Waals surface area (Å²) in [6.45, 7) is 5.56. The fourth-order valence-electron chi connectivity index (χ4n) is 3.50. The van der Waals surface area contributed by atoms with Gasteiger partial charge in [0.2, 0.25) is 5.91 Å². The Morgan fingerprint density at radius 3 is 2.56 bits per heavy atom. The van der Waals surface area contributed by atoms with Crippen molar-refractivity contribution < 1.29 is 14.7 Å². The molecule has 4 aromatic rings. The number of hydrogen-bond acceptors (Lipinski definition) is 5. The van der Waals surface area contributed by atoms with E-state index in [0.29, 0.717) is 21.9 Å². The van der Waals surface area contributed by atoms with Crippen LogP contribution >= 0.6 is 11.3 Å². The maximum absolute atomic E-state index is 13.4. The van der Waals surface area contributed by atoms with E-state index in [4.69, 9.17) is 0 Å². The first kappa shape index (κ1) is 21.5. The molecule has 0 spiro atoms. The number of aromatic carboxylic acids is 1. The van der Waals surface area contributed by atoms with Crippen molar-refractivity contribution in [2.24, 2.45) is 0 Å². The fraction of sp³-hybridized carbons (Fsp3) is 0.167. The van der Waals surface area contributed by atoms with Crippen molar-refractivity contribution in [3.05, 3.63) is 80.5 Å². The van der Waals surface area contributed by atoms with Crippen LogP contribution in [0.4, 0.5) is 5.69 Å². The highest BCUT2D eigenvalue weighted by Gasteiger charge is 2.21. The van der Waals surface area contributed by atoms with Gasteiger partial charge in [-0.15, -0.1) is 11.3 Å². The van der Waals surface area contributed by atoms with E-state index < -0.39 is 17.4 Å². The quantitative estimate of drug-likeness (QED) is 0.473. The molecule has 2 aromatic carbocycles. The molecule has 0 aliphatic heterocycles. The van der Waals surface area contributed by atoms with Gasteiger partial charge in [0.15, 0.2) is 0 Å². The van der Waals surface area contributed by atoms with E-state index >= 15 is 0 Å². The van der Waals surface area contributed by atoms with Crippen LogP contribution in [0.3, 0.4) is 0 Å². The number of amides is 1. The normalized spacial score (nSPS) is 11.0. The molecule has 2 aromatic heterocycles. The molecule has 162 valence electrons. The molecule has 2 N–H and O–H groups in total. The van der Waals surface area contributed by atoms with Crippen LogP contribution in [-0.2, 0) is 11.3 Å². The van der Waals surface area contributed by atoms with E-state index in [1.807, 2.05) is 57.2 Å². The average molecular weight is 448 g/mol. The Balaban J connectivity index is 1.82. The highest BCUT2D eigenvalue weighted by molar-refractivity contribution is 7.17. The average Bonchev–Trinajstić information content (AvgIpc) is 3.17. The lowest BCUT2D eigenvalue weighted by atomic mass is 10.1. The maximum atomic E-state index is 13.4. The molecule has 0 bridgehead atoms. The largest absolute Gasteiger partial charge is 0.478 e. The second-order valence-corrected chi connectivity index (χ2v) is 8.54. The molecule has 0 aliphatic rings. The van der Waals surface area contributed by atoms with Gasteiger partial charge in [-0.3, -0.25) is 14.2 Å². The third-order valence-corrected chi connectivity index (χ3v) is 6.17. The molecule has 7 nitrogen and oxygen atoms in total. The number of fused-ring (bicyclic) bond motifs is 1. The zero-order valence-corrected chi connectivity index (χ0v) is 18.6. The maximum Gasteiger partial charge on any atom is 0.337 e. The first-order chi connectivity index (χ1) is 15.2. The van der Waals surface area contributed by atoms with E-state index in [1.165, 1.54) is 9.95 Å². The number of benzene rings is 2. The van der Waals surface area contributed by atoms with Gasteiger partial charge in [0, 0.05) is 16.6 Å². The van der Waals surface area contributed by atoms with Crippen LogP contribution in [0.5, 0.6) is 0 Å². The van der Waals surface area contributed by atoms with Gasteiger partial charge in [0.1, 0.15) is 17.2 Å². The number of carbonyl (C=O) groups excluding carboxylic acids is 1. The van der Waals surface area contributed by atoms with Gasteiger partial charge in [-0.2, -0.15) is 0 Å². The Labute approximate surface area is 188 Å². The number of nitrogens with zero attached hydrogens (tertiary/aromatic N) is 2. The summed E-state index contributed by atoms with van der Waals surface area (Å²) >= 11 is 1.10. The first-order valence-corrected chi connectivity index (χ1v) is 10.8. The van der Waals surface area contributed by atoms with Crippen molar-refractivity contribution in [1.29, 1.82) is 0 Å². The van der Waals surface area contributed by atoms with Gasteiger partial charge in [-0.25, -0.2) is 9.78 Å². The van der Waals surface area contributed by atoms with E-state index in [-0.39, 0.29) is 17.5 Å². The molecular formula is C24H21N3O4S. The number of aryl methyl sites for hydroxylation is 3. The Bertz CT molecular complexity index is 1440. The van der Waals surface area contributed by atoms with Crippen molar-refractivity contribution in [2.75, 3.05) is 5.32 Å². The minimum absolute atomic E-state index is 0.0119. The van der Waals surface area contributed by atoms with E-state index in [2.05, 4.69) is 10.3 Å². The summed E-state index contributed by atoms with van der Waals surface area (Å²) in [5.74, 6) is -1.29. The van der Waals surface area contributed by atoms with Crippen molar-refractivity contribution in [2.45, 2.75) is 27.3 Å². The summed E-state index contributed by atoms with van der Waals surface area (Å²) in [4.78, 5) is 42.7. The molecule has 0 saturated heterocycles. The lowest BCUT2D eigenvalue weighted by Crippen LogP contribution is -2.30. The second-order valence-electron chi connectivity index (χ2n) is 7.68. The van der Waals surface area contributed by atoms with Gasteiger partial charge < -0.3 is 10.4 Å². The summed E-state index contributed by atoms with van der Waals surface area (Å²) in [6, 6.07) is 13.0. The summed E-state index contributed by atoms with van der Waals surface area (Å²) in [6.07, 6.45) is 0. The summed E-state index contributed by atoms with van der Waals surface area (Å²) in [7, 11) is 0. The number of aromatic nitrogens is 2. The number of carboxylic acids is 1. The minimum Gasteiger partial charge on any atom is -0.478 e. The molecule has 1 amide bonds. The Kier molecular flexibility index (Phi) is 5.63. The van der Waals surface area contributed by atoms with Crippen LogP contribution in [0.2, 0.25) is 0 Å². The van der Waals surface area contributed by atoms with Crippen LogP contribution in [0.1, 0.15) is 27.0 Å². The third kappa shape index (κ3) is 4.04. The molecule has 0 aliphatic carbocycles. The molecule has 0 saturated carbocycles. The third-order valence-electron chi connectivity index (χ3n) is 5.29. The van der Waals surface area contributed by atoms with Crippen molar-refractivity contribution in [3.8, 4) is 11.4 Å². The van der Waals surface area contributed by atoms with Crippen molar-refractivity contribution in [1.82, 2.24) is 9.55 Å². The van der Waals surface area contributed by atoms with Crippen LogP contribution in [0.25, 0.3) is 21.6 Å². The number of nitrogens with one attached hydrogen (secondary N) is 1. The predicted octanol–water partition coefficient (Wildman–Crippen LogP) is 4.39. The molecule has 0 atom stereocenters. The first-order valence-electron chi connectivity index (χ1n) is 9.94. The highest BCUT2D eigenvalue weighted by atomic mass is 32.1. The van der Waals surface area contributed by atoms with Crippen LogP contribution < -0.4 is 10.9 Å². The molecule has 0 radical (unpaired) electrons. The van der Waals surface area contributed by atoms with Gasteiger partial charge in [-0.05, 0) is 50.1 Å². The number of thiophene rings is 1. The standard InChI is InChI=1S/C24H21N3O4S/c1-13-5-4-6-16(9-13)21-26-22-20(18(12-32-22)24(30)31)23(29)27(21)11-19(28)25-17-8-7-14(2)15(3)10-17/h4-10,12H,11H2,1-3H3,(H,25,28)(H,30,31). The number of rotatable bonds is 5. The van der Waals surface area contributed by atoms with Crippen LogP contribution in [0.15, 0.2) is 52.6 Å². The zero-order chi connectivity index (χ0) is 23.0. The number of carbonyl (C=O) groups is 2. The highest BCUT2D eigenvalue weighted by Crippen LogP contribution is 2.26. The SMILES string of the molecule is Cc1cccc(-c2nc3scc(C(=O)O)c3c(=O)n2CC(=O)Nc2ccc(C)c(C)c2)c1. The van der Waals surface area contributed by atoms with Gasteiger partial charge in [0.25, 0.3) is 5.56 Å². The number of carboxylic acid groups (broad SMARTS) is 1. The topological polar surface area (TPSA) is 101 Å². The lowest BCUT2D eigenvalue weighted by Gasteiger charge is -2.14. The summed E-state index contributed by atoms with van der Waals surface area (Å²) < 4.78 is 1.24. The minimum atomic E-state index is -1.20. The number of anilines is 1. The van der Waals surface area contributed by atoms with Gasteiger partial charge >= 0.3 is 5.97 Å². The summed E-state index contributed by atoms with van der Waals surface area (Å²) in [5, 5.41) is 13.7. The molecule has 0 unspecified atom stereocenters. The van der Waals surface area contributed by atoms with Crippen molar-refractivity contribution in [3.63, 3.8) is 0 Å². The zero-order valence-electron chi connectivity index (χ0n) is 17.8. The summed E-state index contributed by atoms with van der Waals surface area (Å²) in [5.41, 5.74) is 3.75. The smallest absolute Gasteiger partial charge is 0.337 e. The predicted molar refractivity (Wildman–Crippen MR) is 126 cm³/mol. The Morgan fingerprint density at radius 2 is 1.88 bits per heavy atom. The van der Waals surface area contributed by atoms with E-state index in [1.54, 1.807) is 6.07 Å². The van der Waals surface area contributed by atoms with Crippen LogP contribution in [-0.4, -0.2) is 26.5 Å². The van der Waals surface area contributed by atoms with Crippen molar-refractivity contribution >= 4 is 39.1 Å². The Hall–Kier alpha value is -3.78. The fourth-order valence-corrected chi connectivity index (χ4v) is 4.40. The second kappa shape index (κ2) is 8.39. The molecule has 8 heteroatoms. The molecule has 4 rings (SSSR count). The molecular weight excluding hydrogens is 426 g/mol. The van der Waals surface area contributed by atoms with Gasteiger partial charge in [-0.1, -0.05) is 29.8 Å². The molecule has 32 heavy (non-hydrogen) atoms. The van der Waals surface area contributed by atoms with E-state index in [0.717, 1.165) is 28.0 Å². The molecule has 0 fully saturated rings. The van der Waals surface area contributed by atoms with Crippen LogP contribution in [0, 0.1) is 20.8 Å². The monoisotopic (exact) mass is 447 g/mol. The molecule has 2 heterocycles.